The van der Waals surface area contributed by atoms with Crippen LogP contribution in [0.3, 0.4) is 0 Å². The van der Waals surface area contributed by atoms with E-state index in [1.54, 1.807) is 0 Å². The molecule has 1 aromatic carbocycles. The highest BCUT2D eigenvalue weighted by atomic mass is 15.3. The van der Waals surface area contributed by atoms with Crippen LogP contribution in [0.4, 0.5) is 0 Å². The molecule has 0 aliphatic heterocycles. The van der Waals surface area contributed by atoms with Crippen LogP contribution >= 0.6 is 0 Å². The van der Waals surface area contributed by atoms with Crippen LogP contribution in [0.1, 0.15) is 18.7 Å². The maximum Gasteiger partial charge on any atom is 0.0926 e. The third kappa shape index (κ3) is 1.21. The maximum absolute atomic E-state index is 5.86. The lowest BCUT2D eigenvalue weighted by molar-refractivity contribution is 0.662. The molecule has 3 heteroatoms. The molecule has 0 radical (unpaired) electrons. The Morgan fingerprint density at radius 3 is 2.77 bits per heavy atom. The first-order chi connectivity index (χ1) is 6.20. The molecule has 0 saturated carbocycles. The molecule has 0 amide bonds. The third-order valence-corrected chi connectivity index (χ3v) is 2.22. The van der Waals surface area contributed by atoms with Gasteiger partial charge in [-0.2, -0.15) is 5.10 Å². The second-order valence-corrected chi connectivity index (χ2v) is 3.31. The van der Waals surface area contributed by atoms with Crippen LogP contribution in [0.15, 0.2) is 24.3 Å². The van der Waals surface area contributed by atoms with Gasteiger partial charge in [0.05, 0.1) is 11.2 Å². The Labute approximate surface area is 77.2 Å². The standard InChI is InChI=1S/C10H13N3/c1-7(11)10-8-5-3-4-6-9(8)12-13(10)2/h3-7H,11H2,1-2H3/t7-/m0/s1. The lowest BCUT2D eigenvalue weighted by Gasteiger charge is -2.05. The molecule has 3 nitrogen and oxygen atoms in total. The quantitative estimate of drug-likeness (QED) is 0.715. The van der Waals surface area contributed by atoms with E-state index in [1.165, 1.54) is 0 Å². The molecule has 0 aliphatic carbocycles. The molecule has 68 valence electrons. The zero-order chi connectivity index (χ0) is 9.42. The Bertz CT molecular complexity index is 429. The first kappa shape index (κ1) is 8.26. The monoisotopic (exact) mass is 175 g/mol. The van der Waals surface area contributed by atoms with Gasteiger partial charge in [-0.3, -0.25) is 4.68 Å². The molecule has 0 bridgehead atoms. The zero-order valence-corrected chi connectivity index (χ0v) is 7.86. The number of rotatable bonds is 1. The van der Waals surface area contributed by atoms with Gasteiger partial charge in [0.1, 0.15) is 0 Å². The van der Waals surface area contributed by atoms with Gasteiger partial charge < -0.3 is 5.73 Å². The third-order valence-electron chi connectivity index (χ3n) is 2.22. The summed E-state index contributed by atoms with van der Waals surface area (Å²) in [5.41, 5.74) is 7.97. The fourth-order valence-corrected chi connectivity index (χ4v) is 1.71. The highest BCUT2D eigenvalue weighted by Gasteiger charge is 2.10. The molecule has 2 N–H and O–H groups in total. The van der Waals surface area contributed by atoms with Gasteiger partial charge in [-0.05, 0) is 13.0 Å². The van der Waals surface area contributed by atoms with Gasteiger partial charge >= 0.3 is 0 Å². The van der Waals surface area contributed by atoms with Crippen LogP contribution in [0.5, 0.6) is 0 Å². The number of nitrogens with two attached hydrogens (primary N) is 1. The van der Waals surface area contributed by atoms with Crippen LogP contribution in [0.2, 0.25) is 0 Å². The summed E-state index contributed by atoms with van der Waals surface area (Å²) in [6.45, 7) is 1.98. The molecule has 1 heterocycles. The molecular formula is C10H13N3. The molecule has 0 aliphatic rings. The predicted molar refractivity (Wildman–Crippen MR) is 53.3 cm³/mol. The van der Waals surface area contributed by atoms with Crippen molar-refractivity contribution < 1.29 is 0 Å². The van der Waals surface area contributed by atoms with E-state index < -0.39 is 0 Å². The van der Waals surface area contributed by atoms with E-state index in [-0.39, 0.29) is 6.04 Å². The minimum absolute atomic E-state index is 0.0254. The van der Waals surface area contributed by atoms with E-state index in [0.29, 0.717) is 0 Å². The summed E-state index contributed by atoms with van der Waals surface area (Å²) in [7, 11) is 1.93. The van der Waals surface area contributed by atoms with Crippen LogP contribution in [-0.4, -0.2) is 9.78 Å². The van der Waals surface area contributed by atoms with Crippen LogP contribution in [0, 0.1) is 0 Å². The highest BCUT2D eigenvalue weighted by Crippen LogP contribution is 2.21. The average Bonchev–Trinajstić information content (AvgIpc) is 2.39. The summed E-state index contributed by atoms with van der Waals surface area (Å²) in [5, 5.41) is 5.52. The lowest BCUT2D eigenvalue weighted by Crippen LogP contribution is -2.10. The number of hydrogen-bond donors (Lipinski definition) is 1. The Balaban J connectivity index is 2.78. The number of benzene rings is 1. The van der Waals surface area contributed by atoms with Crippen molar-refractivity contribution in [1.82, 2.24) is 9.78 Å². The smallest absolute Gasteiger partial charge is 0.0926 e. The van der Waals surface area contributed by atoms with Crippen molar-refractivity contribution in [3.05, 3.63) is 30.0 Å². The SMILES string of the molecule is C[C@H](N)c1c2ccccc2nn1C. The van der Waals surface area contributed by atoms with Gasteiger partial charge in [0, 0.05) is 18.5 Å². The van der Waals surface area contributed by atoms with Gasteiger partial charge in [-0.1, -0.05) is 18.2 Å². The molecule has 1 aromatic heterocycles. The summed E-state index contributed by atoms with van der Waals surface area (Å²) in [4.78, 5) is 0. The molecule has 2 rings (SSSR count). The van der Waals surface area contributed by atoms with Gasteiger partial charge in [0.25, 0.3) is 0 Å². The average molecular weight is 175 g/mol. The van der Waals surface area contributed by atoms with E-state index in [1.807, 2.05) is 36.9 Å². The Morgan fingerprint density at radius 1 is 1.38 bits per heavy atom. The first-order valence-corrected chi connectivity index (χ1v) is 4.37. The lowest BCUT2D eigenvalue weighted by atomic mass is 10.1. The van der Waals surface area contributed by atoms with Crippen molar-refractivity contribution in [2.75, 3.05) is 0 Å². The molecule has 2 aromatic rings. The summed E-state index contributed by atoms with van der Waals surface area (Å²) in [6, 6.07) is 8.08. The van der Waals surface area contributed by atoms with Crippen molar-refractivity contribution in [3.63, 3.8) is 0 Å². The summed E-state index contributed by atoms with van der Waals surface area (Å²) >= 11 is 0. The second kappa shape index (κ2) is 2.85. The summed E-state index contributed by atoms with van der Waals surface area (Å²) in [6.07, 6.45) is 0. The number of hydrogen-bond acceptors (Lipinski definition) is 2. The fraction of sp³-hybridized carbons (Fsp3) is 0.300. The van der Waals surface area contributed by atoms with Crippen LogP contribution < -0.4 is 5.73 Å². The predicted octanol–water partition coefficient (Wildman–Crippen LogP) is 1.59. The highest BCUT2D eigenvalue weighted by molar-refractivity contribution is 5.81. The number of nitrogens with zero attached hydrogens (tertiary/aromatic N) is 2. The zero-order valence-electron chi connectivity index (χ0n) is 7.86. The van der Waals surface area contributed by atoms with Gasteiger partial charge in [0.2, 0.25) is 0 Å². The topological polar surface area (TPSA) is 43.8 Å². The van der Waals surface area contributed by atoms with Gasteiger partial charge in [0.15, 0.2) is 0 Å². The number of fused-ring (bicyclic) bond motifs is 1. The molecule has 1 atom stereocenters. The van der Waals surface area contributed by atoms with Crippen molar-refractivity contribution in [3.8, 4) is 0 Å². The molecular weight excluding hydrogens is 162 g/mol. The molecule has 13 heavy (non-hydrogen) atoms. The Morgan fingerprint density at radius 2 is 2.08 bits per heavy atom. The first-order valence-electron chi connectivity index (χ1n) is 4.37. The largest absolute Gasteiger partial charge is 0.323 e. The molecule has 0 fully saturated rings. The maximum atomic E-state index is 5.86. The molecule has 0 saturated heterocycles. The second-order valence-electron chi connectivity index (χ2n) is 3.31. The molecule has 0 unspecified atom stereocenters. The van der Waals surface area contributed by atoms with E-state index in [0.717, 1.165) is 16.6 Å². The van der Waals surface area contributed by atoms with Crippen molar-refractivity contribution in [2.45, 2.75) is 13.0 Å². The fourth-order valence-electron chi connectivity index (χ4n) is 1.71. The normalized spacial score (nSPS) is 13.5. The van der Waals surface area contributed by atoms with Crippen molar-refractivity contribution in [2.24, 2.45) is 12.8 Å². The van der Waals surface area contributed by atoms with Gasteiger partial charge in [-0.25, -0.2) is 0 Å². The number of aromatic nitrogens is 2. The minimum atomic E-state index is 0.0254. The Kier molecular flexibility index (Phi) is 1.81. The van der Waals surface area contributed by atoms with Crippen molar-refractivity contribution >= 4 is 10.9 Å². The van der Waals surface area contributed by atoms with Crippen LogP contribution in [0.25, 0.3) is 10.9 Å². The summed E-state index contributed by atoms with van der Waals surface area (Å²) < 4.78 is 1.86. The minimum Gasteiger partial charge on any atom is -0.323 e. The summed E-state index contributed by atoms with van der Waals surface area (Å²) in [5.74, 6) is 0. The Hall–Kier alpha value is -1.35. The van der Waals surface area contributed by atoms with Crippen LogP contribution in [-0.2, 0) is 7.05 Å². The van der Waals surface area contributed by atoms with E-state index in [9.17, 15) is 0 Å². The number of aryl methyl sites for hydroxylation is 1. The van der Waals surface area contributed by atoms with E-state index in [4.69, 9.17) is 5.73 Å². The van der Waals surface area contributed by atoms with Gasteiger partial charge in [-0.15, -0.1) is 0 Å². The molecule has 0 spiro atoms. The van der Waals surface area contributed by atoms with E-state index >= 15 is 0 Å². The van der Waals surface area contributed by atoms with Crippen molar-refractivity contribution in [1.29, 1.82) is 0 Å². The van der Waals surface area contributed by atoms with E-state index in [2.05, 4.69) is 11.2 Å².